The summed E-state index contributed by atoms with van der Waals surface area (Å²) in [5.74, 6) is 1.09. The Kier molecular flexibility index (Phi) is 8.15. The van der Waals surface area contributed by atoms with Crippen molar-refractivity contribution in [2.75, 3.05) is 16.8 Å². The Morgan fingerprint density at radius 2 is 1.39 bits per heavy atom. The first-order valence-electron chi connectivity index (χ1n) is 14.6. The number of para-hydroxylation sites is 2. The lowest BCUT2D eigenvalue weighted by atomic mass is 9.80. The van der Waals surface area contributed by atoms with Crippen molar-refractivity contribution in [2.45, 2.75) is 77.2 Å². The summed E-state index contributed by atoms with van der Waals surface area (Å²) in [5.41, 5.74) is 2.50. The molecule has 3 aromatic carbocycles. The molecule has 41 heavy (non-hydrogen) atoms. The maximum atomic E-state index is 14.0. The Morgan fingerprint density at radius 3 is 1.98 bits per heavy atom. The number of nitrogens with one attached hydrogen (secondary N) is 1. The second-order valence-electron chi connectivity index (χ2n) is 11.7. The highest BCUT2D eigenvalue weighted by Crippen LogP contribution is 2.43. The van der Waals surface area contributed by atoms with Crippen LogP contribution >= 0.6 is 0 Å². The third kappa shape index (κ3) is 5.58. The van der Waals surface area contributed by atoms with Crippen LogP contribution in [0.3, 0.4) is 0 Å². The molecule has 7 heteroatoms. The van der Waals surface area contributed by atoms with E-state index in [1.165, 1.54) is 0 Å². The normalized spacial score (nSPS) is 16.6. The van der Waals surface area contributed by atoms with Crippen molar-refractivity contribution >= 4 is 29.2 Å². The van der Waals surface area contributed by atoms with Crippen LogP contribution < -0.4 is 15.0 Å². The van der Waals surface area contributed by atoms with Crippen LogP contribution in [-0.4, -0.2) is 34.8 Å². The fourth-order valence-electron chi connectivity index (χ4n) is 6.11. The van der Waals surface area contributed by atoms with Crippen LogP contribution in [0.25, 0.3) is 0 Å². The Balaban J connectivity index is 1.40. The molecule has 1 heterocycles. The third-order valence-corrected chi connectivity index (χ3v) is 8.19. The number of hydrogen-bond donors (Lipinski definition) is 1. The Labute approximate surface area is 242 Å². The Bertz CT molecular complexity index is 1380. The van der Waals surface area contributed by atoms with Crippen LogP contribution in [0.1, 0.15) is 82.8 Å². The molecular weight excluding hydrogens is 514 g/mol. The molecule has 7 nitrogen and oxygen atoms in total. The number of amides is 4. The smallest absolute Gasteiger partial charge is 0.332 e. The van der Waals surface area contributed by atoms with Gasteiger partial charge in [0.1, 0.15) is 23.6 Å². The fourth-order valence-corrected chi connectivity index (χ4v) is 6.11. The summed E-state index contributed by atoms with van der Waals surface area (Å²) in [6.45, 7) is 8.02. The molecule has 2 fully saturated rings. The van der Waals surface area contributed by atoms with Gasteiger partial charge in [0, 0.05) is 11.4 Å². The second kappa shape index (κ2) is 11.8. The van der Waals surface area contributed by atoms with Crippen molar-refractivity contribution in [3.05, 3.63) is 83.9 Å². The van der Waals surface area contributed by atoms with E-state index >= 15 is 0 Å². The number of nitrogens with zero attached hydrogens (tertiary/aromatic N) is 2. The van der Waals surface area contributed by atoms with Gasteiger partial charge in [-0.15, -0.1) is 0 Å². The lowest BCUT2D eigenvalue weighted by molar-refractivity contribution is -0.134. The first kappa shape index (κ1) is 28.4. The number of ether oxygens (including phenoxy) is 1. The molecule has 0 aromatic heterocycles. The number of carbonyl (C=O) groups is 3. The molecule has 1 spiro atoms. The Hall–Kier alpha value is -4.13. The molecule has 1 aliphatic heterocycles. The van der Waals surface area contributed by atoms with Gasteiger partial charge >= 0.3 is 6.03 Å². The predicted molar refractivity (Wildman–Crippen MR) is 162 cm³/mol. The van der Waals surface area contributed by atoms with E-state index in [0.717, 1.165) is 41.0 Å². The van der Waals surface area contributed by atoms with Gasteiger partial charge in [-0.25, -0.2) is 4.79 Å². The summed E-state index contributed by atoms with van der Waals surface area (Å²) in [7, 11) is 0. The van der Waals surface area contributed by atoms with Crippen LogP contribution in [0.15, 0.2) is 72.8 Å². The van der Waals surface area contributed by atoms with E-state index in [1.54, 1.807) is 4.90 Å². The molecule has 0 unspecified atom stereocenters. The molecule has 1 N–H and O–H groups in total. The molecule has 4 amide bonds. The van der Waals surface area contributed by atoms with Crippen LogP contribution in [-0.2, 0) is 9.59 Å². The minimum Gasteiger partial charge on any atom is -0.457 e. The molecule has 2 aliphatic rings. The molecule has 214 valence electrons. The number of anilines is 2. The van der Waals surface area contributed by atoms with E-state index in [2.05, 4.69) is 33.0 Å². The van der Waals surface area contributed by atoms with Crippen molar-refractivity contribution in [1.29, 1.82) is 0 Å². The Morgan fingerprint density at radius 1 is 0.805 bits per heavy atom. The summed E-state index contributed by atoms with van der Waals surface area (Å²) in [6.07, 6.45) is 3.87. The van der Waals surface area contributed by atoms with Gasteiger partial charge in [0.2, 0.25) is 5.91 Å². The number of hydrogen-bond acceptors (Lipinski definition) is 4. The van der Waals surface area contributed by atoms with Gasteiger partial charge < -0.3 is 10.1 Å². The number of benzene rings is 3. The largest absolute Gasteiger partial charge is 0.457 e. The highest BCUT2D eigenvalue weighted by Gasteiger charge is 2.58. The SMILES string of the molecule is CC(C)c1cccc(C(C)C)c1NC(=O)CN1C(=O)N(c2ccc(Oc3ccccc3)cc2)C2(CCCCC2)C1=O. The van der Waals surface area contributed by atoms with Crippen molar-refractivity contribution < 1.29 is 19.1 Å². The highest BCUT2D eigenvalue weighted by atomic mass is 16.5. The molecule has 5 rings (SSSR count). The molecule has 3 aromatic rings. The van der Waals surface area contributed by atoms with Gasteiger partial charge in [0.15, 0.2) is 0 Å². The summed E-state index contributed by atoms with van der Waals surface area (Å²) in [4.78, 5) is 44.1. The topological polar surface area (TPSA) is 79.0 Å². The molecule has 0 atom stereocenters. The van der Waals surface area contributed by atoms with E-state index in [-0.39, 0.29) is 30.2 Å². The minimum atomic E-state index is -0.976. The standard InChI is InChI=1S/C34H39N3O4/c1-23(2)28-14-11-15-29(24(3)4)31(28)35-30(38)22-36-32(39)34(20-9-6-10-21-34)37(33(36)40)25-16-18-27(19-17-25)41-26-12-7-5-8-13-26/h5,7-8,11-19,23-24H,6,9-10,20-22H2,1-4H3,(H,35,38). The maximum absolute atomic E-state index is 14.0. The van der Waals surface area contributed by atoms with E-state index in [4.69, 9.17) is 4.74 Å². The van der Waals surface area contributed by atoms with Gasteiger partial charge in [0.25, 0.3) is 5.91 Å². The lowest BCUT2D eigenvalue weighted by Crippen LogP contribution is -2.51. The number of rotatable bonds is 8. The van der Waals surface area contributed by atoms with Gasteiger partial charge in [-0.3, -0.25) is 19.4 Å². The van der Waals surface area contributed by atoms with Crippen molar-refractivity contribution in [3.63, 3.8) is 0 Å². The third-order valence-electron chi connectivity index (χ3n) is 8.19. The number of urea groups is 1. The van der Waals surface area contributed by atoms with E-state index in [9.17, 15) is 14.4 Å². The highest BCUT2D eigenvalue weighted by molar-refractivity contribution is 6.18. The van der Waals surface area contributed by atoms with Gasteiger partial charge in [-0.05, 0) is 72.2 Å². The summed E-state index contributed by atoms with van der Waals surface area (Å²) >= 11 is 0. The van der Waals surface area contributed by atoms with Crippen LogP contribution in [0.5, 0.6) is 11.5 Å². The van der Waals surface area contributed by atoms with Crippen LogP contribution in [0.4, 0.5) is 16.2 Å². The zero-order valence-electron chi connectivity index (χ0n) is 24.4. The van der Waals surface area contributed by atoms with E-state index in [0.29, 0.717) is 30.0 Å². The average Bonchev–Trinajstić information content (AvgIpc) is 3.15. The first-order valence-corrected chi connectivity index (χ1v) is 14.6. The van der Waals surface area contributed by atoms with Gasteiger partial charge in [-0.2, -0.15) is 0 Å². The zero-order chi connectivity index (χ0) is 29.1. The molecule has 1 saturated heterocycles. The van der Waals surface area contributed by atoms with Gasteiger partial charge in [0.05, 0.1) is 0 Å². The molecule has 0 bridgehead atoms. The monoisotopic (exact) mass is 553 g/mol. The maximum Gasteiger partial charge on any atom is 0.332 e. The van der Waals surface area contributed by atoms with Gasteiger partial charge in [-0.1, -0.05) is 83.4 Å². The quantitative estimate of drug-likeness (QED) is 0.288. The van der Waals surface area contributed by atoms with Crippen molar-refractivity contribution in [2.24, 2.45) is 0 Å². The average molecular weight is 554 g/mol. The predicted octanol–water partition coefficient (Wildman–Crippen LogP) is 7.84. The summed E-state index contributed by atoms with van der Waals surface area (Å²) in [5, 5.41) is 3.07. The molecule has 1 aliphatic carbocycles. The molecule has 0 radical (unpaired) electrons. The summed E-state index contributed by atoms with van der Waals surface area (Å²) < 4.78 is 5.93. The number of carbonyl (C=O) groups excluding carboxylic acids is 3. The number of imide groups is 1. The fraction of sp³-hybridized carbons (Fsp3) is 0.382. The lowest BCUT2D eigenvalue weighted by Gasteiger charge is -2.38. The molecule has 1 saturated carbocycles. The van der Waals surface area contributed by atoms with E-state index < -0.39 is 11.6 Å². The first-order chi connectivity index (χ1) is 19.7. The van der Waals surface area contributed by atoms with Crippen molar-refractivity contribution in [3.8, 4) is 11.5 Å². The minimum absolute atomic E-state index is 0.203. The summed E-state index contributed by atoms with van der Waals surface area (Å²) in [6, 6.07) is 22.3. The van der Waals surface area contributed by atoms with Crippen LogP contribution in [0.2, 0.25) is 0 Å². The second-order valence-corrected chi connectivity index (χ2v) is 11.7. The molecular formula is C34H39N3O4. The van der Waals surface area contributed by atoms with Crippen molar-refractivity contribution in [1.82, 2.24) is 4.90 Å². The van der Waals surface area contributed by atoms with E-state index in [1.807, 2.05) is 72.8 Å². The van der Waals surface area contributed by atoms with Crippen LogP contribution in [0, 0.1) is 0 Å². The zero-order valence-corrected chi connectivity index (χ0v) is 24.4.